The Morgan fingerprint density at radius 2 is 2.08 bits per heavy atom. The van der Waals surface area contributed by atoms with E-state index in [0.717, 1.165) is 6.42 Å². The third kappa shape index (κ3) is 2.16. The Labute approximate surface area is 90.5 Å². The molecule has 1 aromatic heterocycles. The number of nitrogens with zero attached hydrogens (tertiary/aromatic N) is 2. The third-order valence-electron chi connectivity index (χ3n) is 2.51. The molecule has 0 saturated heterocycles. The van der Waals surface area contributed by atoms with Crippen molar-refractivity contribution in [2.45, 2.75) is 25.3 Å². The molecule has 0 aliphatic heterocycles. The van der Waals surface area contributed by atoms with E-state index in [1.807, 2.05) is 17.9 Å². The van der Waals surface area contributed by atoms with Gasteiger partial charge in [-0.05, 0) is 18.9 Å². The molecule has 13 heavy (non-hydrogen) atoms. The van der Waals surface area contributed by atoms with Crippen LogP contribution in [0.3, 0.4) is 0 Å². The largest absolute Gasteiger partial charge is 0.327 e. The van der Waals surface area contributed by atoms with Crippen molar-refractivity contribution in [1.29, 1.82) is 0 Å². The maximum absolute atomic E-state index is 5.74. The van der Waals surface area contributed by atoms with Crippen LogP contribution < -0.4 is 5.73 Å². The lowest BCUT2D eigenvalue weighted by molar-refractivity contribution is 0.737. The Balaban J connectivity index is 0.000000720. The second kappa shape index (κ2) is 4.31. The zero-order chi connectivity index (χ0) is 8.01. The van der Waals surface area contributed by atoms with Crippen molar-refractivity contribution in [3.8, 4) is 0 Å². The van der Waals surface area contributed by atoms with Crippen molar-refractivity contribution in [3.63, 3.8) is 0 Å². The molecule has 1 aromatic rings. The van der Waals surface area contributed by atoms with Crippen molar-refractivity contribution >= 4 is 24.8 Å². The Kier molecular flexibility index (Phi) is 4.23. The molecule has 2 unspecified atom stereocenters. The van der Waals surface area contributed by atoms with Crippen molar-refractivity contribution in [1.82, 2.24) is 9.78 Å². The van der Waals surface area contributed by atoms with Crippen LogP contribution in [0.1, 0.15) is 23.6 Å². The Morgan fingerprint density at radius 3 is 2.38 bits per heavy atom. The van der Waals surface area contributed by atoms with Crippen LogP contribution in [0, 0.1) is 6.92 Å². The van der Waals surface area contributed by atoms with Gasteiger partial charge in [-0.25, -0.2) is 0 Å². The summed E-state index contributed by atoms with van der Waals surface area (Å²) >= 11 is 0. The lowest BCUT2D eigenvalue weighted by Gasteiger charge is -1.96. The van der Waals surface area contributed by atoms with Crippen LogP contribution >= 0.6 is 24.8 Å². The van der Waals surface area contributed by atoms with Crippen molar-refractivity contribution in [2.75, 3.05) is 0 Å². The van der Waals surface area contributed by atoms with E-state index < -0.39 is 0 Å². The monoisotopic (exact) mass is 223 g/mol. The average molecular weight is 224 g/mol. The number of aryl methyl sites for hydroxylation is 1. The standard InChI is InChI=1S/C8H13N3.2ClH/c1-5-7(4-10-11(5)2)6-3-8(6)9;;/h4,6,8H,3,9H2,1-2H3;2*1H. The van der Waals surface area contributed by atoms with Gasteiger partial charge in [0.2, 0.25) is 0 Å². The van der Waals surface area contributed by atoms with E-state index in [9.17, 15) is 0 Å². The second-order valence-electron chi connectivity index (χ2n) is 3.31. The fourth-order valence-electron chi connectivity index (χ4n) is 1.45. The highest BCUT2D eigenvalue weighted by Crippen LogP contribution is 2.39. The molecule has 2 rings (SSSR count). The minimum Gasteiger partial charge on any atom is -0.327 e. The molecule has 1 saturated carbocycles. The van der Waals surface area contributed by atoms with Gasteiger partial charge in [-0.2, -0.15) is 5.10 Å². The molecule has 0 bridgehead atoms. The van der Waals surface area contributed by atoms with Crippen LogP contribution in [0.15, 0.2) is 6.20 Å². The van der Waals surface area contributed by atoms with E-state index in [2.05, 4.69) is 12.0 Å². The molecule has 0 spiro atoms. The van der Waals surface area contributed by atoms with Gasteiger partial charge in [-0.15, -0.1) is 24.8 Å². The topological polar surface area (TPSA) is 43.8 Å². The molecule has 5 heteroatoms. The maximum Gasteiger partial charge on any atom is 0.0527 e. The predicted octanol–water partition coefficient (Wildman–Crippen LogP) is 1.39. The summed E-state index contributed by atoms with van der Waals surface area (Å²) in [5.74, 6) is 0.587. The van der Waals surface area contributed by atoms with Gasteiger partial charge in [0.05, 0.1) is 6.20 Å². The van der Waals surface area contributed by atoms with E-state index in [-0.39, 0.29) is 24.8 Å². The maximum atomic E-state index is 5.74. The van der Waals surface area contributed by atoms with Gasteiger partial charge < -0.3 is 5.73 Å². The molecular weight excluding hydrogens is 209 g/mol. The molecule has 0 aromatic carbocycles. The second-order valence-corrected chi connectivity index (χ2v) is 3.31. The molecule has 1 aliphatic rings. The zero-order valence-electron chi connectivity index (χ0n) is 7.73. The van der Waals surface area contributed by atoms with Gasteiger partial charge in [-0.1, -0.05) is 0 Å². The highest BCUT2D eigenvalue weighted by atomic mass is 35.5. The van der Waals surface area contributed by atoms with Crippen LogP contribution in [0.25, 0.3) is 0 Å². The summed E-state index contributed by atoms with van der Waals surface area (Å²) in [6, 6.07) is 0.387. The first-order valence-electron chi connectivity index (χ1n) is 3.94. The number of nitrogens with two attached hydrogens (primary N) is 1. The van der Waals surface area contributed by atoms with Gasteiger partial charge in [0.25, 0.3) is 0 Å². The third-order valence-corrected chi connectivity index (χ3v) is 2.51. The molecule has 0 radical (unpaired) electrons. The number of hydrogen-bond acceptors (Lipinski definition) is 2. The quantitative estimate of drug-likeness (QED) is 0.783. The van der Waals surface area contributed by atoms with Crippen LogP contribution in [0.4, 0.5) is 0 Å². The number of hydrogen-bond donors (Lipinski definition) is 1. The van der Waals surface area contributed by atoms with Gasteiger partial charge in [0.1, 0.15) is 0 Å². The summed E-state index contributed by atoms with van der Waals surface area (Å²) in [6.45, 7) is 2.09. The summed E-state index contributed by atoms with van der Waals surface area (Å²) in [6.07, 6.45) is 3.07. The number of aromatic nitrogens is 2. The van der Waals surface area contributed by atoms with E-state index in [1.54, 1.807) is 0 Å². The molecule has 76 valence electrons. The fourth-order valence-corrected chi connectivity index (χ4v) is 1.45. The smallest absolute Gasteiger partial charge is 0.0527 e. The predicted molar refractivity (Wildman–Crippen MR) is 57.8 cm³/mol. The summed E-state index contributed by atoms with van der Waals surface area (Å²) in [5, 5.41) is 4.17. The minimum atomic E-state index is 0. The van der Waals surface area contributed by atoms with Gasteiger partial charge in [0.15, 0.2) is 0 Å². The first-order chi connectivity index (χ1) is 5.20. The number of halogens is 2. The molecule has 0 amide bonds. The summed E-state index contributed by atoms with van der Waals surface area (Å²) in [7, 11) is 1.97. The fraction of sp³-hybridized carbons (Fsp3) is 0.625. The lowest BCUT2D eigenvalue weighted by Crippen LogP contribution is -2.01. The normalized spacial score (nSPS) is 24.5. The summed E-state index contributed by atoms with van der Waals surface area (Å²) in [4.78, 5) is 0. The van der Waals surface area contributed by atoms with Crippen molar-refractivity contribution in [2.24, 2.45) is 12.8 Å². The molecule has 2 atom stereocenters. The van der Waals surface area contributed by atoms with Crippen LogP contribution in [0.2, 0.25) is 0 Å². The van der Waals surface area contributed by atoms with Crippen LogP contribution in [-0.4, -0.2) is 15.8 Å². The summed E-state index contributed by atoms with van der Waals surface area (Å²) in [5.41, 5.74) is 8.33. The van der Waals surface area contributed by atoms with Crippen LogP contribution in [0.5, 0.6) is 0 Å². The van der Waals surface area contributed by atoms with E-state index in [4.69, 9.17) is 5.73 Å². The van der Waals surface area contributed by atoms with E-state index >= 15 is 0 Å². The molecule has 3 nitrogen and oxygen atoms in total. The van der Waals surface area contributed by atoms with E-state index in [1.165, 1.54) is 11.3 Å². The number of rotatable bonds is 1. The molecule has 1 heterocycles. The Hall–Kier alpha value is -0.250. The SMILES string of the molecule is Cc1c(C2CC2N)cnn1C.Cl.Cl. The first-order valence-corrected chi connectivity index (χ1v) is 3.94. The van der Waals surface area contributed by atoms with Gasteiger partial charge in [0, 0.05) is 24.7 Å². The van der Waals surface area contributed by atoms with Crippen molar-refractivity contribution in [3.05, 3.63) is 17.5 Å². The highest BCUT2D eigenvalue weighted by molar-refractivity contribution is 5.85. The first kappa shape index (κ1) is 12.8. The Morgan fingerprint density at radius 1 is 1.54 bits per heavy atom. The van der Waals surface area contributed by atoms with Crippen molar-refractivity contribution < 1.29 is 0 Å². The van der Waals surface area contributed by atoms with Gasteiger partial charge >= 0.3 is 0 Å². The van der Waals surface area contributed by atoms with Gasteiger partial charge in [-0.3, -0.25) is 4.68 Å². The Bertz CT molecular complexity index is 285. The zero-order valence-corrected chi connectivity index (χ0v) is 9.36. The lowest BCUT2D eigenvalue weighted by atomic mass is 10.2. The molecule has 1 aliphatic carbocycles. The molecule has 2 N–H and O–H groups in total. The van der Waals surface area contributed by atoms with Crippen LogP contribution in [-0.2, 0) is 7.05 Å². The molecular formula is C8H15Cl2N3. The minimum absolute atomic E-state index is 0. The molecule has 1 fully saturated rings. The highest BCUT2D eigenvalue weighted by Gasteiger charge is 2.36. The van der Waals surface area contributed by atoms with E-state index in [0.29, 0.717) is 12.0 Å². The average Bonchev–Trinajstić information content (AvgIpc) is 2.58. The summed E-state index contributed by atoms with van der Waals surface area (Å²) < 4.78 is 1.90.